The van der Waals surface area contributed by atoms with E-state index in [0.29, 0.717) is 17.5 Å². The summed E-state index contributed by atoms with van der Waals surface area (Å²) in [6.07, 6.45) is 4.79. The molecular formula is C42H44N6O2. The second-order valence-corrected chi connectivity index (χ2v) is 14.0. The topological polar surface area (TPSA) is 65.0 Å². The van der Waals surface area contributed by atoms with Crippen molar-refractivity contribution in [2.24, 2.45) is 0 Å². The van der Waals surface area contributed by atoms with Gasteiger partial charge < -0.3 is 28.4 Å². The Hall–Kier alpha value is -5.50. The summed E-state index contributed by atoms with van der Waals surface area (Å²) < 4.78 is 12.5. The number of hydrogen-bond acceptors (Lipinski definition) is 8. The van der Waals surface area contributed by atoms with Crippen LogP contribution in [0, 0.1) is 27.7 Å². The first-order valence-electron chi connectivity index (χ1n) is 17.5. The molecular weight excluding hydrogens is 621 g/mol. The van der Waals surface area contributed by atoms with Crippen molar-refractivity contribution in [3.63, 3.8) is 0 Å². The van der Waals surface area contributed by atoms with Gasteiger partial charge in [0.1, 0.15) is 12.3 Å². The van der Waals surface area contributed by atoms with E-state index >= 15 is 0 Å². The predicted molar refractivity (Wildman–Crippen MR) is 206 cm³/mol. The molecule has 8 nitrogen and oxygen atoms in total. The Kier molecular flexibility index (Phi) is 7.51. The molecule has 2 aliphatic rings. The van der Waals surface area contributed by atoms with Crippen LogP contribution in [0.3, 0.4) is 0 Å². The molecule has 8 heteroatoms. The molecule has 3 aromatic carbocycles. The average Bonchev–Trinajstić information content (AvgIpc) is 3.82. The average molecular weight is 665 g/mol. The van der Waals surface area contributed by atoms with E-state index in [0.717, 1.165) is 55.5 Å². The van der Waals surface area contributed by atoms with Crippen molar-refractivity contribution in [1.82, 2.24) is 14.9 Å². The largest absolute Gasteiger partial charge is 0.435 e. The van der Waals surface area contributed by atoms with Gasteiger partial charge >= 0.3 is 0 Å². The number of furan rings is 2. The summed E-state index contributed by atoms with van der Waals surface area (Å²) in [5.41, 5.74) is 12.3. The molecule has 4 aromatic heterocycles. The first kappa shape index (κ1) is 31.7. The van der Waals surface area contributed by atoms with Crippen molar-refractivity contribution in [3.05, 3.63) is 108 Å². The third-order valence-electron chi connectivity index (χ3n) is 10.4. The fraction of sp³-hybridized carbons (Fsp3) is 0.286. The van der Waals surface area contributed by atoms with Gasteiger partial charge in [-0.3, -0.25) is 0 Å². The zero-order valence-corrected chi connectivity index (χ0v) is 30.3. The van der Waals surface area contributed by atoms with Crippen LogP contribution in [0.2, 0.25) is 0 Å². The number of aryl methyl sites for hydroxylation is 4. The van der Waals surface area contributed by atoms with Gasteiger partial charge in [0.05, 0.1) is 22.7 Å². The Morgan fingerprint density at radius 1 is 0.600 bits per heavy atom. The number of fused-ring (bicyclic) bond motifs is 7. The minimum Gasteiger partial charge on any atom is -0.435 e. The molecule has 2 aliphatic heterocycles. The lowest BCUT2D eigenvalue weighted by molar-refractivity contribution is 0.263. The lowest BCUT2D eigenvalue weighted by atomic mass is 10.1. The number of benzene rings is 3. The molecule has 9 rings (SSSR count). The zero-order valence-electron chi connectivity index (χ0n) is 30.3. The highest BCUT2D eigenvalue weighted by molar-refractivity contribution is 6.10. The lowest BCUT2D eigenvalue weighted by Gasteiger charge is -2.33. The lowest BCUT2D eigenvalue weighted by Crippen LogP contribution is -2.39. The summed E-state index contributed by atoms with van der Waals surface area (Å²) >= 11 is 0. The van der Waals surface area contributed by atoms with Gasteiger partial charge in [-0.1, -0.05) is 36.4 Å². The highest BCUT2D eigenvalue weighted by Crippen LogP contribution is 2.48. The minimum absolute atomic E-state index is 0.208. The molecule has 7 aromatic rings. The van der Waals surface area contributed by atoms with Gasteiger partial charge in [0.2, 0.25) is 11.4 Å². The van der Waals surface area contributed by atoms with Crippen LogP contribution in [0.15, 0.2) is 94.0 Å². The third-order valence-corrected chi connectivity index (χ3v) is 10.4. The summed E-state index contributed by atoms with van der Waals surface area (Å²) in [5, 5.41) is 4.39. The van der Waals surface area contributed by atoms with Crippen LogP contribution in [-0.2, 0) is 0 Å². The second kappa shape index (κ2) is 11.8. The van der Waals surface area contributed by atoms with E-state index in [4.69, 9.17) is 8.83 Å². The van der Waals surface area contributed by atoms with Gasteiger partial charge in [0.15, 0.2) is 11.2 Å². The maximum atomic E-state index is 6.28. The number of pyridine rings is 2. The van der Waals surface area contributed by atoms with Crippen LogP contribution >= 0.6 is 0 Å². The molecule has 0 N–H and O–H groups in total. The molecule has 0 radical (unpaired) electrons. The standard InChI is InChI=1S/C22H21N3O.C20H23N3O/c1-13-9-11-16-17-12-10-14(2)23-22(17)26-21(16)20(13)25-15(3)24(4)18-7-5-6-8-19(18)25;1-12(2)22-10-11-23(15(22)5)18-13(3)6-8-16-17-9-7-14(4)21-20(17)24-19(16)18/h5-12,15H,1-4H3;6-12,15H,1-5H3. The van der Waals surface area contributed by atoms with Gasteiger partial charge in [-0.25, -0.2) is 9.97 Å². The molecule has 0 bridgehead atoms. The van der Waals surface area contributed by atoms with Crippen molar-refractivity contribution in [1.29, 1.82) is 0 Å². The van der Waals surface area contributed by atoms with Crippen molar-refractivity contribution >= 4 is 66.9 Å². The molecule has 0 aliphatic carbocycles. The Morgan fingerprint density at radius 2 is 1.12 bits per heavy atom. The van der Waals surface area contributed by atoms with Crippen LogP contribution in [0.5, 0.6) is 0 Å². The number of para-hydroxylation sites is 2. The van der Waals surface area contributed by atoms with E-state index in [9.17, 15) is 0 Å². The van der Waals surface area contributed by atoms with E-state index in [1.54, 1.807) is 0 Å². The van der Waals surface area contributed by atoms with Gasteiger partial charge in [-0.2, -0.15) is 0 Å². The Bertz CT molecular complexity index is 2460. The smallest absolute Gasteiger partial charge is 0.227 e. The van der Waals surface area contributed by atoms with Crippen molar-refractivity contribution in [2.75, 3.05) is 21.7 Å². The summed E-state index contributed by atoms with van der Waals surface area (Å²) in [7, 11) is 2.14. The van der Waals surface area contributed by atoms with E-state index in [-0.39, 0.29) is 12.3 Å². The molecule has 6 heterocycles. The molecule has 0 saturated heterocycles. The minimum atomic E-state index is 0.208. The monoisotopic (exact) mass is 664 g/mol. The SMILES string of the molecule is Cc1ccc2c(n1)oc1c(N3C=CN(C(C)C)C3C)c(C)ccc12.Cc1ccc2c(n1)oc1c(N3c4ccccc4N(C)C3C)c(C)ccc12. The summed E-state index contributed by atoms with van der Waals surface area (Å²) in [6.45, 7) is 17.1. The van der Waals surface area contributed by atoms with Gasteiger partial charge in [-0.15, -0.1) is 0 Å². The van der Waals surface area contributed by atoms with E-state index in [1.165, 1.54) is 22.5 Å². The number of anilines is 4. The summed E-state index contributed by atoms with van der Waals surface area (Å²) in [6, 6.07) is 25.9. The van der Waals surface area contributed by atoms with E-state index in [2.05, 4.69) is 151 Å². The summed E-state index contributed by atoms with van der Waals surface area (Å²) in [5.74, 6) is 0. The maximum absolute atomic E-state index is 6.28. The van der Waals surface area contributed by atoms with Crippen LogP contribution in [0.4, 0.5) is 22.7 Å². The normalized spacial score (nSPS) is 17.2. The summed E-state index contributed by atoms with van der Waals surface area (Å²) in [4.78, 5) is 18.5. The molecule has 0 fully saturated rings. The fourth-order valence-electron chi connectivity index (χ4n) is 7.67. The highest BCUT2D eigenvalue weighted by Gasteiger charge is 2.34. The number of hydrogen-bond donors (Lipinski definition) is 0. The second-order valence-electron chi connectivity index (χ2n) is 14.0. The number of rotatable bonds is 3. The van der Waals surface area contributed by atoms with Crippen LogP contribution in [0.1, 0.15) is 50.2 Å². The number of aromatic nitrogens is 2. The van der Waals surface area contributed by atoms with Gasteiger partial charge in [-0.05, 0) is 103 Å². The molecule has 254 valence electrons. The van der Waals surface area contributed by atoms with Crippen LogP contribution < -0.4 is 14.7 Å². The molecule has 0 saturated carbocycles. The third kappa shape index (κ3) is 4.88. The Balaban J connectivity index is 0.000000145. The Labute approximate surface area is 293 Å². The van der Waals surface area contributed by atoms with Crippen LogP contribution in [0.25, 0.3) is 44.1 Å². The molecule has 0 spiro atoms. The van der Waals surface area contributed by atoms with Crippen molar-refractivity contribution in [3.8, 4) is 0 Å². The Morgan fingerprint density at radius 3 is 1.68 bits per heavy atom. The fourth-order valence-corrected chi connectivity index (χ4v) is 7.67. The van der Waals surface area contributed by atoms with Crippen molar-refractivity contribution < 1.29 is 8.83 Å². The predicted octanol–water partition coefficient (Wildman–Crippen LogP) is 10.5. The molecule has 0 amide bonds. The maximum Gasteiger partial charge on any atom is 0.227 e. The van der Waals surface area contributed by atoms with E-state index in [1.807, 2.05) is 26.0 Å². The van der Waals surface area contributed by atoms with Gasteiger partial charge in [0.25, 0.3) is 0 Å². The zero-order chi connectivity index (χ0) is 35.0. The first-order valence-corrected chi connectivity index (χ1v) is 17.5. The van der Waals surface area contributed by atoms with Crippen molar-refractivity contribution in [2.45, 2.75) is 73.8 Å². The highest BCUT2D eigenvalue weighted by atomic mass is 16.3. The molecule has 2 unspecified atom stereocenters. The van der Waals surface area contributed by atoms with E-state index < -0.39 is 0 Å². The van der Waals surface area contributed by atoms with Crippen LogP contribution in [-0.4, -0.2) is 40.3 Å². The van der Waals surface area contributed by atoms with Gasteiger partial charge in [0, 0.05) is 58.4 Å². The first-order chi connectivity index (χ1) is 24.0. The number of nitrogens with zero attached hydrogens (tertiary/aromatic N) is 6. The molecule has 50 heavy (non-hydrogen) atoms. The molecule has 2 atom stereocenters. The quantitative estimate of drug-likeness (QED) is 0.185.